The molecule has 4 rings (SSSR count). The largest absolute Gasteiger partial charge is 0.507 e. The van der Waals surface area contributed by atoms with Gasteiger partial charge in [0.15, 0.2) is 0 Å². The van der Waals surface area contributed by atoms with E-state index in [4.69, 9.17) is 4.74 Å². The van der Waals surface area contributed by atoms with Crippen molar-refractivity contribution in [3.63, 3.8) is 0 Å². The quantitative estimate of drug-likeness (QED) is 0.345. The molecule has 1 atom stereocenters. The first-order valence-electron chi connectivity index (χ1n) is 10.2. The number of aliphatic hydroxyl groups excluding tert-OH is 1. The number of benzene rings is 2. The molecule has 2 N–H and O–H groups in total. The third kappa shape index (κ3) is 3.80. The van der Waals surface area contributed by atoms with E-state index in [1.807, 2.05) is 6.92 Å². The summed E-state index contributed by atoms with van der Waals surface area (Å²) in [5.74, 6) is -1.60. The van der Waals surface area contributed by atoms with Crippen LogP contribution in [0.4, 0.5) is 5.69 Å². The Morgan fingerprint density at radius 3 is 2.53 bits per heavy atom. The average Bonchev–Trinajstić information content (AvgIpc) is 3.08. The van der Waals surface area contributed by atoms with Gasteiger partial charge in [0.1, 0.15) is 17.3 Å². The number of ketones is 1. The minimum atomic E-state index is -0.938. The Kier molecular flexibility index (Phi) is 5.89. The van der Waals surface area contributed by atoms with Gasteiger partial charge in [0, 0.05) is 18.0 Å². The fourth-order valence-corrected chi connectivity index (χ4v) is 3.72. The number of anilines is 1. The Balaban J connectivity index is 1.89. The number of amides is 1. The number of rotatable bonds is 6. The lowest BCUT2D eigenvalue weighted by Crippen LogP contribution is -2.29. The molecule has 0 radical (unpaired) electrons. The van der Waals surface area contributed by atoms with Crippen molar-refractivity contribution in [2.45, 2.75) is 19.4 Å². The SMILES string of the molecule is CCCOc1cccc(/C(O)=C2\C(=O)C(=O)N(c3ccccc3O)C2c2ccncc2)c1. The minimum absolute atomic E-state index is 0.0721. The highest BCUT2D eigenvalue weighted by molar-refractivity contribution is 6.51. The number of hydrogen-bond donors (Lipinski definition) is 2. The van der Waals surface area contributed by atoms with Crippen LogP contribution in [0.5, 0.6) is 11.5 Å². The number of para-hydroxylation sites is 2. The fourth-order valence-electron chi connectivity index (χ4n) is 3.72. The number of phenolic OH excluding ortho intramolecular Hbond substituents is 1. The highest BCUT2D eigenvalue weighted by atomic mass is 16.5. The summed E-state index contributed by atoms with van der Waals surface area (Å²) in [6, 6.07) is 15.4. The van der Waals surface area contributed by atoms with Crippen molar-refractivity contribution in [2.75, 3.05) is 11.5 Å². The summed E-state index contributed by atoms with van der Waals surface area (Å²) in [4.78, 5) is 31.4. The molecule has 162 valence electrons. The summed E-state index contributed by atoms with van der Waals surface area (Å²) in [6.07, 6.45) is 3.91. The molecule has 1 saturated heterocycles. The first-order valence-corrected chi connectivity index (χ1v) is 10.2. The Bertz CT molecular complexity index is 1190. The maximum atomic E-state index is 13.1. The second kappa shape index (κ2) is 8.93. The van der Waals surface area contributed by atoms with Gasteiger partial charge in [-0.05, 0) is 48.4 Å². The highest BCUT2D eigenvalue weighted by Crippen LogP contribution is 2.44. The fraction of sp³-hybridized carbons (Fsp3) is 0.160. The summed E-state index contributed by atoms with van der Waals surface area (Å²) < 4.78 is 5.64. The second-order valence-corrected chi connectivity index (χ2v) is 7.31. The minimum Gasteiger partial charge on any atom is -0.507 e. The van der Waals surface area contributed by atoms with Crippen molar-refractivity contribution in [2.24, 2.45) is 0 Å². The van der Waals surface area contributed by atoms with Gasteiger partial charge in [0.05, 0.1) is 23.9 Å². The third-order valence-corrected chi connectivity index (χ3v) is 5.19. The molecule has 1 amide bonds. The van der Waals surface area contributed by atoms with Crippen molar-refractivity contribution in [3.05, 3.63) is 89.8 Å². The van der Waals surface area contributed by atoms with E-state index in [1.54, 1.807) is 67.0 Å². The number of carbonyl (C=O) groups excluding carboxylic acids is 2. The topological polar surface area (TPSA) is 100.0 Å². The van der Waals surface area contributed by atoms with Gasteiger partial charge in [-0.25, -0.2) is 0 Å². The van der Waals surface area contributed by atoms with Crippen molar-refractivity contribution in [1.29, 1.82) is 0 Å². The molecular weight excluding hydrogens is 408 g/mol. The van der Waals surface area contributed by atoms with Gasteiger partial charge in [-0.1, -0.05) is 31.2 Å². The number of ether oxygens (including phenoxy) is 1. The molecule has 0 saturated carbocycles. The summed E-state index contributed by atoms with van der Waals surface area (Å²) in [6.45, 7) is 2.50. The van der Waals surface area contributed by atoms with Gasteiger partial charge in [-0.3, -0.25) is 19.5 Å². The monoisotopic (exact) mass is 430 g/mol. The van der Waals surface area contributed by atoms with Crippen LogP contribution in [0.3, 0.4) is 0 Å². The predicted molar refractivity (Wildman–Crippen MR) is 119 cm³/mol. The smallest absolute Gasteiger partial charge is 0.300 e. The van der Waals surface area contributed by atoms with Gasteiger partial charge >= 0.3 is 0 Å². The van der Waals surface area contributed by atoms with Gasteiger partial charge < -0.3 is 14.9 Å². The van der Waals surface area contributed by atoms with E-state index in [2.05, 4.69) is 4.98 Å². The van der Waals surface area contributed by atoms with Gasteiger partial charge in [0.25, 0.3) is 11.7 Å². The van der Waals surface area contributed by atoms with Crippen molar-refractivity contribution < 1.29 is 24.5 Å². The second-order valence-electron chi connectivity index (χ2n) is 7.31. The number of phenols is 1. The first-order chi connectivity index (χ1) is 15.5. The van der Waals surface area contributed by atoms with E-state index >= 15 is 0 Å². The number of pyridine rings is 1. The van der Waals surface area contributed by atoms with E-state index in [-0.39, 0.29) is 22.8 Å². The molecule has 1 fully saturated rings. The van der Waals surface area contributed by atoms with E-state index in [0.29, 0.717) is 23.5 Å². The van der Waals surface area contributed by atoms with Crippen LogP contribution < -0.4 is 9.64 Å². The Morgan fingerprint density at radius 1 is 1.06 bits per heavy atom. The first kappa shape index (κ1) is 21.1. The van der Waals surface area contributed by atoms with Gasteiger partial charge in [-0.15, -0.1) is 0 Å². The van der Waals surface area contributed by atoms with Crippen LogP contribution in [0.25, 0.3) is 5.76 Å². The molecule has 2 aromatic carbocycles. The number of aromatic hydroxyl groups is 1. The zero-order valence-electron chi connectivity index (χ0n) is 17.4. The molecular formula is C25H22N2O5. The molecule has 1 unspecified atom stereocenters. The molecule has 3 aromatic rings. The zero-order valence-corrected chi connectivity index (χ0v) is 17.4. The van der Waals surface area contributed by atoms with Crippen molar-refractivity contribution in [3.8, 4) is 11.5 Å². The average molecular weight is 430 g/mol. The predicted octanol–water partition coefficient (Wildman–Crippen LogP) is 4.20. The van der Waals surface area contributed by atoms with Crippen LogP contribution in [0.2, 0.25) is 0 Å². The normalized spacial score (nSPS) is 17.5. The number of aliphatic hydroxyl groups is 1. The Morgan fingerprint density at radius 2 is 1.81 bits per heavy atom. The zero-order chi connectivity index (χ0) is 22.7. The number of carbonyl (C=O) groups is 2. The van der Waals surface area contributed by atoms with Crippen LogP contribution in [0.1, 0.15) is 30.5 Å². The van der Waals surface area contributed by atoms with Crippen LogP contribution in [0.15, 0.2) is 78.6 Å². The number of Topliss-reactive ketones (excluding diaryl/α,β-unsaturated/α-hetero) is 1. The molecule has 0 aliphatic carbocycles. The summed E-state index contributed by atoms with van der Waals surface area (Å²) in [7, 11) is 0. The number of aromatic nitrogens is 1. The van der Waals surface area contributed by atoms with Crippen molar-refractivity contribution >= 4 is 23.1 Å². The maximum Gasteiger partial charge on any atom is 0.300 e. The van der Waals surface area contributed by atoms with Crippen LogP contribution in [-0.2, 0) is 9.59 Å². The molecule has 1 aromatic heterocycles. The molecule has 1 aliphatic heterocycles. The van der Waals surface area contributed by atoms with Crippen LogP contribution in [0, 0.1) is 0 Å². The third-order valence-electron chi connectivity index (χ3n) is 5.19. The lowest BCUT2D eigenvalue weighted by Gasteiger charge is -2.25. The van der Waals surface area contributed by atoms with E-state index in [1.165, 1.54) is 11.0 Å². The summed E-state index contributed by atoms with van der Waals surface area (Å²) in [5, 5.41) is 21.6. The van der Waals surface area contributed by atoms with Crippen LogP contribution in [-0.4, -0.2) is 33.5 Å². The van der Waals surface area contributed by atoms with E-state index < -0.39 is 17.7 Å². The molecule has 32 heavy (non-hydrogen) atoms. The van der Waals surface area contributed by atoms with Gasteiger partial charge in [-0.2, -0.15) is 0 Å². The summed E-state index contributed by atoms with van der Waals surface area (Å²) >= 11 is 0. The van der Waals surface area contributed by atoms with Crippen LogP contribution >= 0.6 is 0 Å². The molecule has 2 heterocycles. The molecule has 0 spiro atoms. The Labute approximate surface area is 185 Å². The Hall–Kier alpha value is -4.13. The van der Waals surface area contributed by atoms with E-state index in [0.717, 1.165) is 6.42 Å². The highest BCUT2D eigenvalue weighted by Gasteiger charge is 2.47. The van der Waals surface area contributed by atoms with E-state index in [9.17, 15) is 19.8 Å². The van der Waals surface area contributed by atoms with Gasteiger partial charge in [0.2, 0.25) is 0 Å². The number of nitrogens with zero attached hydrogens (tertiary/aromatic N) is 2. The van der Waals surface area contributed by atoms with Crippen molar-refractivity contribution in [1.82, 2.24) is 4.98 Å². The maximum absolute atomic E-state index is 13.1. The molecule has 7 heteroatoms. The lowest BCUT2D eigenvalue weighted by atomic mass is 9.95. The summed E-state index contributed by atoms with van der Waals surface area (Å²) in [5.41, 5.74) is 1.03. The standard InChI is InChI=1S/C25H22N2O5/c1-2-14-32-18-7-5-6-17(15-18)23(29)21-22(16-10-12-26-13-11-16)27(25(31)24(21)30)19-8-3-4-9-20(19)28/h3-13,15,22,28-29H,2,14H2,1H3/b23-21+. The molecule has 0 bridgehead atoms. The molecule has 1 aliphatic rings. The lowest BCUT2D eigenvalue weighted by molar-refractivity contribution is -0.132. The number of hydrogen-bond acceptors (Lipinski definition) is 6. The molecule has 7 nitrogen and oxygen atoms in total.